The van der Waals surface area contributed by atoms with Crippen LogP contribution >= 0.6 is 11.3 Å². The van der Waals surface area contributed by atoms with Crippen molar-refractivity contribution in [3.05, 3.63) is 35.7 Å². The number of hydrogen-bond acceptors (Lipinski definition) is 4. The van der Waals surface area contributed by atoms with Gasteiger partial charge in [-0.05, 0) is 48.0 Å². The van der Waals surface area contributed by atoms with Gasteiger partial charge in [-0.3, -0.25) is 4.79 Å². The molecule has 1 aliphatic carbocycles. The Morgan fingerprint density at radius 3 is 2.77 bits per heavy atom. The van der Waals surface area contributed by atoms with Crippen molar-refractivity contribution < 1.29 is 4.79 Å². The van der Waals surface area contributed by atoms with Gasteiger partial charge in [-0.25, -0.2) is 0 Å². The summed E-state index contributed by atoms with van der Waals surface area (Å²) in [4.78, 5) is 15.9. The Morgan fingerprint density at radius 2 is 2.09 bits per heavy atom. The largest absolute Gasteiger partial charge is 0.397 e. The Labute approximate surface area is 133 Å². The van der Waals surface area contributed by atoms with Gasteiger partial charge in [-0.1, -0.05) is 12.1 Å². The molecule has 2 fully saturated rings. The number of nitrogen functional groups attached to an aromatic ring is 1. The van der Waals surface area contributed by atoms with Crippen LogP contribution in [0.3, 0.4) is 0 Å². The van der Waals surface area contributed by atoms with E-state index < -0.39 is 0 Å². The number of thiophene rings is 1. The molecule has 1 aliphatic heterocycles. The van der Waals surface area contributed by atoms with Crippen molar-refractivity contribution in [2.75, 3.05) is 31.2 Å². The lowest BCUT2D eigenvalue weighted by Gasteiger charge is -2.14. The molecule has 2 heterocycles. The third-order valence-corrected chi connectivity index (χ3v) is 5.72. The van der Waals surface area contributed by atoms with Crippen molar-refractivity contribution in [3.8, 4) is 10.4 Å². The van der Waals surface area contributed by atoms with Crippen LogP contribution in [0.1, 0.15) is 0 Å². The smallest absolute Gasteiger partial charge is 0.228 e. The highest BCUT2D eigenvalue weighted by Gasteiger charge is 2.58. The average Bonchev–Trinajstić information content (AvgIpc) is 2.88. The molecule has 4 nitrogen and oxygen atoms in total. The summed E-state index contributed by atoms with van der Waals surface area (Å²) >= 11 is 1.68. The number of rotatable bonds is 3. The Hall–Kier alpha value is -1.85. The first kappa shape index (κ1) is 13.8. The first-order valence-corrected chi connectivity index (χ1v) is 8.44. The third-order valence-electron chi connectivity index (χ3n) is 4.80. The molecule has 2 atom stereocenters. The van der Waals surface area contributed by atoms with E-state index in [2.05, 4.69) is 23.3 Å². The molecular formula is C17H19N3OS. The summed E-state index contributed by atoms with van der Waals surface area (Å²) in [5.41, 5.74) is 8.48. The van der Waals surface area contributed by atoms with Gasteiger partial charge >= 0.3 is 0 Å². The van der Waals surface area contributed by atoms with E-state index >= 15 is 0 Å². The third kappa shape index (κ3) is 2.30. The number of nitrogens with zero attached hydrogens (tertiary/aromatic N) is 1. The lowest BCUT2D eigenvalue weighted by atomic mass is 10.1. The highest BCUT2D eigenvalue weighted by atomic mass is 32.1. The summed E-state index contributed by atoms with van der Waals surface area (Å²) in [7, 11) is 2.11. The predicted molar refractivity (Wildman–Crippen MR) is 90.8 cm³/mol. The number of hydrogen-bond donors (Lipinski definition) is 2. The average molecular weight is 313 g/mol. The van der Waals surface area contributed by atoms with Crippen LogP contribution in [0.2, 0.25) is 0 Å². The number of anilines is 2. The second kappa shape index (κ2) is 5.11. The minimum absolute atomic E-state index is 0.123. The molecular weight excluding hydrogens is 294 g/mol. The quantitative estimate of drug-likeness (QED) is 0.857. The number of likely N-dealkylation sites (tertiary alicyclic amines) is 1. The number of piperidine rings is 1. The van der Waals surface area contributed by atoms with Gasteiger partial charge in [0.15, 0.2) is 0 Å². The molecule has 2 unspecified atom stereocenters. The molecule has 0 bridgehead atoms. The Balaban J connectivity index is 1.51. The van der Waals surface area contributed by atoms with Gasteiger partial charge in [0, 0.05) is 23.9 Å². The molecule has 1 aromatic heterocycles. The standard InChI is InChI=1S/C17H19N3OS/c1-20-8-11-12(9-20)16(11)17(21)19-14-7-10(4-5-13(14)18)15-3-2-6-22-15/h2-7,11-12,16H,8-9,18H2,1H3,(H,19,21). The fourth-order valence-electron chi connectivity index (χ4n) is 3.60. The fourth-order valence-corrected chi connectivity index (χ4v) is 4.33. The topological polar surface area (TPSA) is 58.4 Å². The van der Waals surface area contributed by atoms with Gasteiger partial charge in [0.05, 0.1) is 11.4 Å². The zero-order valence-corrected chi connectivity index (χ0v) is 13.3. The van der Waals surface area contributed by atoms with E-state index in [4.69, 9.17) is 5.73 Å². The molecule has 4 rings (SSSR count). The van der Waals surface area contributed by atoms with Crippen LogP contribution in [0.4, 0.5) is 11.4 Å². The first-order valence-electron chi connectivity index (χ1n) is 7.56. The molecule has 5 heteroatoms. The van der Waals surface area contributed by atoms with Gasteiger partial charge in [0.1, 0.15) is 0 Å². The van der Waals surface area contributed by atoms with Crippen LogP contribution in [0, 0.1) is 17.8 Å². The van der Waals surface area contributed by atoms with Crippen LogP contribution in [0.15, 0.2) is 35.7 Å². The Bertz CT molecular complexity index is 701. The summed E-state index contributed by atoms with van der Waals surface area (Å²) in [6, 6.07) is 9.94. The van der Waals surface area contributed by atoms with Crippen molar-refractivity contribution in [1.82, 2.24) is 4.90 Å². The number of carbonyl (C=O) groups is 1. The number of benzene rings is 1. The summed E-state index contributed by atoms with van der Waals surface area (Å²) in [6.45, 7) is 2.07. The maximum absolute atomic E-state index is 12.5. The molecule has 0 radical (unpaired) electrons. The van der Waals surface area contributed by atoms with Crippen LogP contribution in [-0.2, 0) is 4.79 Å². The normalized spacial score (nSPS) is 26.7. The van der Waals surface area contributed by atoms with Crippen molar-refractivity contribution in [2.24, 2.45) is 17.8 Å². The fraction of sp³-hybridized carbons (Fsp3) is 0.353. The highest BCUT2D eigenvalue weighted by Crippen LogP contribution is 2.51. The zero-order valence-electron chi connectivity index (χ0n) is 12.5. The van der Waals surface area contributed by atoms with Gasteiger partial charge in [0.2, 0.25) is 5.91 Å². The van der Waals surface area contributed by atoms with E-state index in [1.54, 1.807) is 11.3 Å². The molecule has 3 N–H and O–H groups in total. The molecule has 114 valence electrons. The van der Waals surface area contributed by atoms with Crippen molar-refractivity contribution >= 4 is 28.6 Å². The maximum atomic E-state index is 12.5. The van der Waals surface area contributed by atoms with E-state index in [0.29, 0.717) is 17.5 Å². The SMILES string of the molecule is CN1CC2C(C1)C2C(=O)Nc1cc(-c2cccs2)ccc1N. The van der Waals surface area contributed by atoms with E-state index in [0.717, 1.165) is 24.3 Å². The second-order valence-corrected chi connectivity index (χ2v) is 7.29. The molecule has 1 saturated carbocycles. The summed E-state index contributed by atoms with van der Waals surface area (Å²) in [5, 5.41) is 5.09. The maximum Gasteiger partial charge on any atom is 0.228 e. The number of nitrogens with one attached hydrogen (secondary N) is 1. The molecule has 2 aromatic rings. The van der Waals surface area contributed by atoms with Crippen LogP contribution in [-0.4, -0.2) is 30.9 Å². The minimum Gasteiger partial charge on any atom is -0.397 e. The Kier molecular flexibility index (Phi) is 3.20. The van der Waals surface area contributed by atoms with Crippen LogP contribution < -0.4 is 11.1 Å². The lowest BCUT2D eigenvalue weighted by molar-refractivity contribution is -0.118. The van der Waals surface area contributed by atoms with Crippen molar-refractivity contribution in [1.29, 1.82) is 0 Å². The van der Waals surface area contributed by atoms with E-state index in [1.807, 2.05) is 29.6 Å². The number of fused-ring (bicyclic) bond motifs is 1. The van der Waals surface area contributed by atoms with Crippen LogP contribution in [0.25, 0.3) is 10.4 Å². The Morgan fingerprint density at radius 1 is 1.32 bits per heavy atom. The molecule has 22 heavy (non-hydrogen) atoms. The first-order chi connectivity index (χ1) is 10.6. The van der Waals surface area contributed by atoms with Gasteiger partial charge in [-0.15, -0.1) is 11.3 Å². The van der Waals surface area contributed by atoms with E-state index in [9.17, 15) is 4.79 Å². The number of carbonyl (C=O) groups excluding carboxylic acids is 1. The van der Waals surface area contributed by atoms with Gasteiger partial charge in [0.25, 0.3) is 0 Å². The summed E-state index contributed by atoms with van der Waals surface area (Å²) < 4.78 is 0. The minimum atomic E-state index is 0.123. The zero-order chi connectivity index (χ0) is 15.3. The number of amides is 1. The monoisotopic (exact) mass is 313 g/mol. The van der Waals surface area contributed by atoms with Crippen molar-refractivity contribution in [2.45, 2.75) is 0 Å². The summed E-state index contributed by atoms with van der Waals surface area (Å²) in [5.74, 6) is 1.36. The molecule has 2 aliphatic rings. The van der Waals surface area contributed by atoms with Crippen LogP contribution in [0.5, 0.6) is 0 Å². The van der Waals surface area contributed by atoms with Crippen molar-refractivity contribution in [3.63, 3.8) is 0 Å². The molecule has 0 spiro atoms. The molecule has 1 amide bonds. The summed E-state index contributed by atoms with van der Waals surface area (Å²) in [6.07, 6.45) is 0. The second-order valence-electron chi connectivity index (χ2n) is 6.34. The predicted octanol–water partition coefficient (Wildman–Crippen LogP) is 2.74. The highest BCUT2D eigenvalue weighted by molar-refractivity contribution is 7.13. The van der Waals surface area contributed by atoms with Gasteiger partial charge in [-0.2, -0.15) is 0 Å². The molecule has 1 saturated heterocycles. The number of nitrogens with two attached hydrogens (primary N) is 1. The lowest BCUT2D eigenvalue weighted by Crippen LogP contribution is -2.25. The van der Waals surface area contributed by atoms with E-state index in [-0.39, 0.29) is 11.8 Å². The van der Waals surface area contributed by atoms with Gasteiger partial charge < -0.3 is 16.0 Å². The molecule has 1 aromatic carbocycles. The van der Waals surface area contributed by atoms with E-state index in [1.165, 1.54) is 4.88 Å².